The van der Waals surface area contributed by atoms with E-state index in [2.05, 4.69) is 26.1 Å². The Morgan fingerprint density at radius 2 is 2.11 bits per heavy atom. The summed E-state index contributed by atoms with van der Waals surface area (Å²) in [5.74, 6) is 0. The van der Waals surface area contributed by atoms with Crippen molar-refractivity contribution in [3.05, 3.63) is 27.2 Å². The molecule has 2 rings (SSSR count). The molecule has 0 spiro atoms. The number of hydrogen-bond donors (Lipinski definition) is 2. The maximum Gasteiger partial charge on any atom is 0.0803 e. The number of nitrogens with one attached hydrogen (secondary N) is 1. The lowest BCUT2D eigenvalue weighted by Crippen LogP contribution is -2.43. The van der Waals surface area contributed by atoms with Crippen molar-refractivity contribution in [1.82, 2.24) is 5.32 Å². The smallest absolute Gasteiger partial charge is 0.0803 e. The van der Waals surface area contributed by atoms with E-state index in [4.69, 9.17) is 11.6 Å². The zero-order valence-corrected chi connectivity index (χ0v) is 12.8. The van der Waals surface area contributed by atoms with Crippen LogP contribution in [0, 0.1) is 0 Å². The van der Waals surface area contributed by atoms with E-state index < -0.39 is 6.10 Å². The molecule has 1 atom stereocenters. The molecule has 0 amide bonds. The topological polar surface area (TPSA) is 35.5 Å². The normalized spacial score (nSPS) is 17.9. The second kappa shape index (κ2) is 6.24. The molecule has 1 aromatic carbocycles. The van der Waals surface area contributed by atoms with Crippen LogP contribution in [0.3, 0.4) is 0 Å². The highest BCUT2D eigenvalue weighted by Crippen LogP contribution is 2.36. The van der Waals surface area contributed by atoms with E-state index in [1.54, 1.807) is 0 Å². The summed E-state index contributed by atoms with van der Waals surface area (Å²) < 4.78 is 0.850. The number of halogens is 2. The van der Waals surface area contributed by atoms with Crippen molar-refractivity contribution in [1.29, 1.82) is 0 Å². The Hall–Kier alpha value is -0.290. The minimum absolute atomic E-state index is 0.503. The zero-order chi connectivity index (χ0) is 13.1. The van der Waals surface area contributed by atoms with Crippen LogP contribution in [0.4, 0.5) is 5.69 Å². The third kappa shape index (κ3) is 2.99. The molecule has 1 heterocycles. The Labute approximate surface area is 121 Å². The molecule has 0 aliphatic carbocycles. The van der Waals surface area contributed by atoms with E-state index in [0.717, 1.165) is 41.9 Å². The number of rotatable bonds is 3. The van der Waals surface area contributed by atoms with Crippen molar-refractivity contribution < 1.29 is 5.11 Å². The summed E-state index contributed by atoms with van der Waals surface area (Å²) in [5, 5.41) is 14.0. The van der Waals surface area contributed by atoms with E-state index in [0.29, 0.717) is 11.4 Å². The maximum absolute atomic E-state index is 10.0. The van der Waals surface area contributed by atoms with Gasteiger partial charge < -0.3 is 15.3 Å². The van der Waals surface area contributed by atoms with Crippen LogP contribution < -0.4 is 10.2 Å². The standard InChI is InChI=1S/C13H18BrClN2O/c1-2-12(18)10-7-9(8-11(14)13(10)15)17-5-3-16-4-6-17/h7-8,12,16,18H,2-6H2,1H3. The van der Waals surface area contributed by atoms with Gasteiger partial charge in [0.05, 0.1) is 11.1 Å². The van der Waals surface area contributed by atoms with Gasteiger partial charge in [0.2, 0.25) is 0 Å². The second-order valence-electron chi connectivity index (χ2n) is 4.49. The van der Waals surface area contributed by atoms with Gasteiger partial charge in [0.15, 0.2) is 0 Å². The van der Waals surface area contributed by atoms with Crippen molar-refractivity contribution >= 4 is 33.2 Å². The summed E-state index contributed by atoms with van der Waals surface area (Å²) in [6.45, 7) is 5.90. The summed E-state index contributed by atoms with van der Waals surface area (Å²) in [6.07, 6.45) is 0.161. The molecular weight excluding hydrogens is 316 g/mol. The Balaban J connectivity index is 2.33. The molecule has 1 aromatic rings. The lowest BCUT2D eigenvalue weighted by atomic mass is 10.1. The molecule has 1 aliphatic heterocycles. The first-order valence-electron chi connectivity index (χ1n) is 6.26. The number of anilines is 1. The molecule has 2 N–H and O–H groups in total. The zero-order valence-electron chi connectivity index (χ0n) is 10.4. The highest BCUT2D eigenvalue weighted by molar-refractivity contribution is 9.10. The van der Waals surface area contributed by atoms with Gasteiger partial charge in [-0.1, -0.05) is 18.5 Å². The molecular formula is C13H18BrClN2O. The fraction of sp³-hybridized carbons (Fsp3) is 0.538. The Morgan fingerprint density at radius 3 is 2.72 bits per heavy atom. The third-order valence-corrected chi connectivity index (χ3v) is 4.54. The number of benzene rings is 1. The minimum Gasteiger partial charge on any atom is -0.388 e. The molecule has 1 unspecified atom stereocenters. The molecule has 3 nitrogen and oxygen atoms in total. The molecule has 1 fully saturated rings. The van der Waals surface area contributed by atoms with Gasteiger partial charge in [-0.3, -0.25) is 0 Å². The van der Waals surface area contributed by atoms with E-state index in [9.17, 15) is 5.11 Å². The van der Waals surface area contributed by atoms with E-state index in [1.807, 2.05) is 19.1 Å². The first-order valence-corrected chi connectivity index (χ1v) is 7.43. The average Bonchev–Trinajstić information content (AvgIpc) is 2.41. The maximum atomic E-state index is 10.0. The number of nitrogens with zero attached hydrogens (tertiary/aromatic N) is 1. The van der Waals surface area contributed by atoms with Gasteiger partial charge in [0, 0.05) is 41.9 Å². The van der Waals surface area contributed by atoms with Crippen LogP contribution in [0.25, 0.3) is 0 Å². The minimum atomic E-state index is -0.503. The Bertz CT molecular complexity index is 422. The summed E-state index contributed by atoms with van der Waals surface area (Å²) in [7, 11) is 0. The quantitative estimate of drug-likeness (QED) is 0.893. The van der Waals surface area contributed by atoms with Gasteiger partial charge in [-0.05, 0) is 34.5 Å². The first-order chi connectivity index (χ1) is 8.63. The number of piperazine rings is 1. The second-order valence-corrected chi connectivity index (χ2v) is 5.72. The van der Waals surface area contributed by atoms with E-state index in [-0.39, 0.29) is 0 Å². The highest BCUT2D eigenvalue weighted by Gasteiger charge is 2.17. The van der Waals surface area contributed by atoms with Crippen LogP contribution >= 0.6 is 27.5 Å². The molecule has 5 heteroatoms. The van der Waals surface area contributed by atoms with Gasteiger partial charge in [0.1, 0.15) is 0 Å². The van der Waals surface area contributed by atoms with Crippen molar-refractivity contribution in [2.24, 2.45) is 0 Å². The van der Waals surface area contributed by atoms with E-state index >= 15 is 0 Å². The number of hydrogen-bond acceptors (Lipinski definition) is 3. The fourth-order valence-electron chi connectivity index (χ4n) is 2.16. The van der Waals surface area contributed by atoms with Crippen LogP contribution in [0.5, 0.6) is 0 Å². The van der Waals surface area contributed by atoms with Crippen molar-refractivity contribution in [3.8, 4) is 0 Å². The van der Waals surface area contributed by atoms with Crippen LogP contribution in [-0.4, -0.2) is 31.3 Å². The number of aliphatic hydroxyl groups excluding tert-OH is 1. The molecule has 0 saturated carbocycles. The molecule has 100 valence electrons. The van der Waals surface area contributed by atoms with Crippen LogP contribution in [0.2, 0.25) is 5.02 Å². The Morgan fingerprint density at radius 1 is 1.44 bits per heavy atom. The third-order valence-electron chi connectivity index (χ3n) is 3.27. The summed E-state index contributed by atoms with van der Waals surface area (Å²) in [6, 6.07) is 4.03. The first kappa shape index (κ1) is 14.1. The lowest BCUT2D eigenvalue weighted by molar-refractivity contribution is 0.174. The molecule has 1 saturated heterocycles. The van der Waals surface area contributed by atoms with E-state index in [1.165, 1.54) is 0 Å². The van der Waals surface area contributed by atoms with Gasteiger partial charge in [-0.15, -0.1) is 0 Å². The molecule has 1 aliphatic rings. The van der Waals surface area contributed by atoms with Crippen molar-refractivity contribution in [2.75, 3.05) is 31.1 Å². The SMILES string of the molecule is CCC(O)c1cc(N2CCNCC2)cc(Br)c1Cl. The predicted octanol–water partition coefficient (Wildman–Crippen LogP) is 2.96. The summed E-state index contributed by atoms with van der Waals surface area (Å²) >= 11 is 9.72. The summed E-state index contributed by atoms with van der Waals surface area (Å²) in [4.78, 5) is 2.31. The molecule has 0 aromatic heterocycles. The predicted molar refractivity (Wildman–Crippen MR) is 79.5 cm³/mol. The van der Waals surface area contributed by atoms with Crippen LogP contribution in [0.15, 0.2) is 16.6 Å². The molecule has 0 radical (unpaired) electrons. The van der Waals surface area contributed by atoms with Gasteiger partial charge in [0.25, 0.3) is 0 Å². The molecule has 0 bridgehead atoms. The van der Waals surface area contributed by atoms with Gasteiger partial charge >= 0.3 is 0 Å². The fourth-order valence-corrected chi connectivity index (χ4v) is 2.86. The van der Waals surface area contributed by atoms with Crippen molar-refractivity contribution in [3.63, 3.8) is 0 Å². The lowest BCUT2D eigenvalue weighted by Gasteiger charge is -2.30. The van der Waals surface area contributed by atoms with Gasteiger partial charge in [-0.25, -0.2) is 0 Å². The molecule has 18 heavy (non-hydrogen) atoms. The van der Waals surface area contributed by atoms with Gasteiger partial charge in [-0.2, -0.15) is 0 Å². The summed E-state index contributed by atoms with van der Waals surface area (Å²) in [5.41, 5.74) is 1.93. The largest absolute Gasteiger partial charge is 0.388 e. The number of aliphatic hydroxyl groups is 1. The van der Waals surface area contributed by atoms with Crippen LogP contribution in [-0.2, 0) is 0 Å². The van der Waals surface area contributed by atoms with Crippen molar-refractivity contribution in [2.45, 2.75) is 19.4 Å². The monoisotopic (exact) mass is 332 g/mol. The van der Waals surface area contributed by atoms with Crippen LogP contribution in [0.1, 0.15) is 25.0 Å². The average molecular weight is 334 g/mol. The highest BCUT2D eigenvalue weighted by atomic mass is 79.9. The Kier molecular flexibility index (Phi) is 4.90.